The molecule has 0 bridgehead atoms. The second-order valence-corrected chi connectivity index (χ2v) is 14.1. The third kappa shape index (κ3) is 5.27. The molecule has 172 valence electrons. The zero-order valence-electron chi connectivity index (χ0n) is 23.0. The summed E-state index contributed by atoms with van der Waals surface area (Å²) in [6, 6.07) is 14.2. The molecule has 2 aromatic rings. The molecule has 0 aliphatic rings. The molecule has 2 rings (SSSR count). The van der Waals surface area contributed by atoms with Crippen molar-refractivity contribution in [1.82, 2.24) is 0 Å². The molecule has 2 aromatic carbocycles. The van der Waals surface area contributed by atoms with Crippen molar-refractivity contribution in [3.8, 4) is 0 Å². The molecule has 0 aliphatic carbocycles. The topological polar surface area (TPSA) is 0 Å². The molecular formula is C31H48. The van der Waals surface area contributed by atoms with Gasteiger partial charge in [0.1, 0.15) is 0 Å². The van der Waals surface area contributed by atoms with E-state index in [-0.39, 0.29) is 27.1 Å². The molecule has 0 aromatic heterocycles. The van der Waals surface area contributed by atoms with E-state index in [2.05, 4.69) is 133 Å². The Morgan fingerprint density at radius 1 is 0.355 bits per heavy atom. The monoisotopic (exact) mass is 420 g/mol. The maximum atomic E-state index is 2.56. The normalized spacial score (nSPS) is 14.1. The lowest BCUT2D eigenvalue weighted by Gasteiger charge is -2.40. The summed E-state index contributed by atoms with van der Waals surface area (Å²) in [6.07, 6.45) is 0. The Balaban J connectivity index is 3.00. The van der Waals surface area contributed by atoms with E-state index >= 15 is 0 Å². The maximum Gasteiger partial charge on any atom is 0.0152 e. The van der Waals surface area contributed by atoms with Crippen molar-refractivity contribution in [3.63, 3.8) is 0 Å². The quantitative estimate of drug-likeness (QED) is 0.454. The Kier molecular flexibility index (Phi) is 6.46. The van der Waals surface area contributed by atoms with E-state index in [0.29, 0.717) is 0 Å². The maximum absolute atomic E-state index is 2.56. The molecule has 0 saturated heterocycles. The molecule has 0 saturated carbocycles. The van der Waals surface area contributed by atoms with Crippen LogP contribution in [0.1, 0.15) is 130 Å². The summed E-state index contributed by atoms with van der Waals surface area (Å²) in [7, 11) is 0. The van der Waals surface area contributed by atoms with E-state index in [1.54, 1.807) is 0 Å². The highest BCUT2D eigenvalue weighted by atomic mass is 14.4. The van der Waals surface area contributed by atoms with Crippen molar-refractivity contribution >= 4 is 0 Å². The lowest BCUT2D eigenvalue weighted by Crippen LogP contribution is -2.32. The SMILES string of the molecule is CC(C)(C)c1cc(C(C)(C)C)c(C(C)(C)c2ccccc2C(C)(C)C)cc1C(C)(C)C. The van der Waals surface area contributed by atoms with Gasteiger partial charge < -0.3 is 0 Å². The van der Waals surface area contributed by atoms with E-state index in [4.69, 9.17) is 0 Å². The molecule has 0 unspecified atom stereocenters. The zero-order chi connectivity index (χ0) is 24.2. The molecule has 0 heteroatoms. The molecule has 31 heavy (non-hydrogen) atoms. The first-order chi connectivity index (χ1) is 13.7. The van der Waals surface area contributed by atoms with Gasteiger partial charge in [-0.3, -0.25) is 0 Å². The number of hydrogen-bond acceptors (Lipinski definition) is 0. The van der Waals surface area contributed by atoms with Crippen LogP contribution in [0.5, 0.6) is 0 Å². The summed E-state index contributed by atoms with van der Waals surface area (Å²) < 4.78 is 0. The van der Waals surface area contributed by atoms with Crippen LogP contribution < -0.4 is 0 Å². The predicted octanol–water partition coefficient (Wildman–Crippen LogP) is 9.20. The Bertz CT molecular complexity index is 926. The van der Waals surface area contributed by atoms with Crippen molar-refractivity contribution in [2.45, 2.75) is 124 Å². The second-order valence-electron chi connectivity index (χ2n) is 14.1. The van der Waals surface area contributed by atoms with Crippen LogP contribution in [0.2, 0.25) is 0 Å². The van der Waals surface area contributed by atoms with Crippen molar-refractivity contribution in [3.05, 3.63) is 69.8 Å². The average molecular weight is 421 g/mol. The fourth-order valence-corrected chi connectivity index (χ4v) is 4.81. The van der Waals surface area contributed by atoms with Gasteiger partial charge in [-0.25, -0.2) is 0 Å². The van der Waals surface area contributed by atoms with Crippen molar-refractivity contribution in [2.24, 2.45) is 0 Å². The molecule has 0 spiro atoms. The van der Waals surface area contributed by atoms with Gasteiger partial charge in [0, 0.05) is 5.41 Å². The van der Waals surface area contributed by atoms with Gasteiger partial charge in [-0.1, -0.05) is 133 Å². The van der Waals surface area contributed by atoms with Gasteiger partial charge in [-0.15, -0.1) is 0 Å². The molecule has 0 heterocycles. The van der Waals surface area contributed by atoms with Gasteiger partial charge in [0.25, 0.3) is 0 Å². The predicted molar refractivity (Wildman–Crippen MR) is 140 cm³/mol. The van der Waals surface area contributed by atoms with Gasteiger partial charge in [0.15, 0.2) is 0 Å². The van der Waals surface area contributed by atoms with E-state index < -0.39 is 0 Å². The standard InChI is InChI=1S/C31H48/c1-27(2,3)21-17-15-16-18-22(21)31(13,14)26-20-24(29(7,8)9)23(28(4,5)6)19-25(26)30(10,11)12/h15-20H,1-14H3. The Morgan fingerprint density at radius 3 is 1.00 bits per heavy atom. The second kappa shape index (κ2) is 7.79. The minimum absolute atomic E-state index is 0.0691. The smallest absolute Gasteiger partial charge is 0.0152 e. The van der Waals surface area contributed by atoms with Gasteiger partial charge in [0.2, 0.25) is 0 Å². The Hall–Kier alpha value is -1.56. The van der Waals surface area contributed by atoms with Crippen LogP contribution in [0.3, 0.4) is 0 Å². The van der Waals surface area contributed by atoms with Crippen LogP contribution in [0.25, 0.3) is 0 Å². The molecular weight excluding hydrogens is 372 g/mol. The summed E-state index contributed by atoms with van der Waals surface area (Å²) in [6.45, 7) is 33.0. The van der Waals surface area contributed by atoms with Crippen LogP contribution in [0.4, 0.5) is 0 Å². The minimum Gasteiger partial charge on any atom is -0.0620 e. The third-order valence-corrected chi connectivity index (χ3v) is 6.66. The van der Waals surface area contributed by atoms with E-state index in [1.807, 2.05) is 0 Å². The highest BCUT2D eigenvalue weighted by Crippen LogP contribution is 2.46. The molecule has 0 aliphatic heterocycles. The van der Waals surface area contributed by atoms with E-state index in [0.717, 1.165) is 0 Å². The lowest BCUT2D eigenvalue weighted by atomic mass is 9.64. The first-order valence-electron chi connectivity index (χ1n) is 12.0. The average Bonchev–Trinajstić information content (AvgIpc) is 2.57. The Labute approximate surface area is 193 Å². The summed E-state index contributed by atoms with van der Waals surface area (Å²) in [5.74, 6) is 0. The molecule has 0 radical (unpaired) electrons. The fourth-order valence-electron chi connectivity index (χ4n) is 4.81. The van der Waals surface area contributed by atoms with Crippen LogP contribution in [-0.4, -0.2) is 0 Å². The minimum atomic E-state index is -0.0943. The summed E-state index contributed by atoms with van der Waals surface area (Å²) in [5, 5.41) is 0. The Morgan fingerprint density at radius 2 is 0.645 bits per heavy atom. The highest BCUT2D eigenvalue weighted by molar-refractivity contribution is 5.54. The van der Waals surface area contributed by atoms with Crippen molar-refractivity contribution < 1.29 is 0 Å². The van der Waals surface area contributed by atoms with Crippen LogP contribution in [-0.2, 0) is 27.1 Å². The van der Waals surface area contributed by atoms with Gasteiger partial charge in [-0.05, 0) is 55.0 Å². The summed E-state index contributed by atoms with van der Waals surface area (Å²) >= 11 is 0. The summed E-state index contributed by atoms with van der Waals surface area (Å²) in [4.78, 5) is 0. The first-order valence-corrected chi connectivity index (χ1v) is 12.0. The zero-order valence-corrected chi connectivity index (χ0v) is 23.0. The van der Waals surface area contributed by atoms with Gasteiger partial charge in [0.05, 0.1) is 0 Å². The molecule has 0 fully saturated rings. The number of rotatable bonds is 2. The largest absolute Gasteiger partial charge is 0.0620 e. The number of hydrogen-bond donors (Lipinski definition) is 0. The molecule has 0 N–H and O–H groups in total. The summed E-state index contributed by atoms with van der Waals surface area (Å²) in [5.41, 5.74) is 9.05. The third-order valence-electron chi connectivity index (χ3n) is 6.66. The van der Waals surface area contributed by atoms with Crippen LogP contribution in [0.15, 0.2) is 36.4 Å². The molecule has 0 nitrogen and oxygen atoms in total. The number of benzene rings is 2. The van der Waals surface area contributed by atoms with Crippen molar-refractivity contribution in [1.29, 1.82) is 0 Å². The van der Waals surface area contributed by atoms with Crippen LogP contribution >= 0.6 is 0 Å². The lowest BCUT2D eigenvalue weighted by molar-refractivity contribution is 0.503. The fraction of sp³-hybridized carbons (Fsp3) is 0.613. The van der Waals surface area contributed by atoms with Gasteiger partial charge in [-0.2, -0.15) is 0 Å². The van der Waals surface area contributed by atoms with Gasteiger partial charge >= 0.3 is 0 Å². The van der Waals surface area contributed by atoms with Crippen molar-refractivity contribution in [2.75, 3.05) is 0 Å². The highest BCUT2D eigenvalue weighted by Gasteiger charge is 2.36. The van der Waals surface area contributed by atoms with E-state index in [1.165, 1.54) is 33.4 Å². The molecule has 0 atom stereocenters. The van der Waals surface area contributed by atoms with Crippen LogP contribution in [0, 0.1) is 0 Å². The molecule has 0 amide bonds. The van der Waals surface area contributed by atoms with E-state index in [9.17, 15) is 0 Å². The first kappa shape index (κ1) is 25.7.